The average molecular weight is 210 g/mol. The first kappa shape index (κ1) is 9.71. The standard InChI is InChI=1S/C11H14O2S/c1-2-3-10-9(6-11(12)13-10)8-4-5-14-7-8/h4-5,7,9-10H,2-3,6H2,1H3/t9-,10+/m1/s1. The number of ether oxygens (including phenoxy) is 1. The maximum absolute atomic E-state index is 11.2. The number of thiophene rings is 1. The first-order chi connectivity index (χ1) is 6.81. The van der Waals surface area contributed by atoms with Gasteiger partial charge in [0.2, 0.25) is 0 Å². The summed E-state index contributed by atoms with van der Waals surface area (Å²) < 4.78 is 5.30. The van der Waals surface area contributed by atoms with Gasteiger partial charge < -0.3 is 4.74 Å². The normalized spacial score (nSPS) is 26.5. The Balaban J connectivity index is 2.13. The summed E-state index contributed by atoms with van der Waals surface area (Å²) in [6.07, 6.45) is 2.72. The lowest BCUT2D eigenvalue weighted by atomic mass is 9.92. The van der Waals surface area contributed by atoms with Gasteiger partial charge in [0.05, 0.1) is 6.42 Å². The van der Waals surface area contributed by atoms with Crippen LogP contribution in [0.5, 0.6) is 0 Å². The summed E-state index contributed by atoms with van der Waals surface area (Å²) in [7, 11) is 0. The Kier molecular flexibility index (Phi) is 2.87. The Morgan fingerprint density at radius 3 is 3.14 bits per heavy atom. The highest BCUT2D eigenvalue weighted by atomic mass is 32.1. The van der Waals surface area contributed by atoms with Crippen LogP contribution in [0, 0.1) is 0 Å². The number of carbonyl (C=O) groups excluding carboxylic acids is 1. The van der Waals surface area contributed by atoms with Gasteiger partial charge in [0, 0.05) is 5.92 Å². The summed E-state index contributed by atoms with van der Waals surface area (Å²) >= 11 is 1.68. The number of hydrogen-bond acceptors (Lipinski definition) is 3. The number of hydrogen-bond donors (Lipinski definition) is 0. The molecule has 0 aromatic carbocycles. The maximum atomic E-state index is 11.2. The second-order valence-electron chi connectivity index (χ2n) is 3.68. The van der Waals surface area contributed by atoms with E-state index in [-0.39, 0.29) is 12.1 Å². The molecule has 0 saturated carbocycles. The largest absolute Gasteiger partial charge is 0.462 e. The Morgan fingerprint density at radius 2 is 2.50 bits per heavy atom. The van der Waals surface area contributed by atoms with Crippen molar-refractivity contribution in [2.45, 2.75) is 38.2 Å². The highest BCUT2D eigenvalue weighted by molar-refractivity contribution is 7.08. The molecule has 2 atom stereocenters. The lowest BCUT2D eigenvalue weighted by molar-refractivity contribution is -0.141. The minimum Gasteiger partial charge on any atom is -0.462 e. The zero-order valence-electron chi connectivity index (χ0n) is 8.23. The second-order valence-corrected chi connectivity index (χ2v) is 4.46. The molecule has 0 bridgehead atoms. The van der Waals surface area contributed by atoms with Crippen LogP contribution in [0.15, 0.2) is 16.8 Å². The smallest absolute Gasteiger partial charge is 0.306 e. The summed E-state index contributed by atoms with van der Waals surface area (Å²) in [6, 6.07) is 2.10. The lowest BCUT2D eigenvalue weighted by Gasteiger charge is -2.15. The van der Waals surface area contributed by atoms with Crippen molar-refractivity contribution in [1.29, 1.82) is 0 Å². The predicted octanol–water partition coefficient (Wildman–Crippen LogP) is 2.95. The SMILES string of the molecule is CCC[C@@H]1OC(=O)C[C@@H]1c1ccsc1. The van der Waals surface area contributed by atoms with E-state index in [4.69, 9.17) is 4.74 Å². The Labute approximate surface area is 87.9 Å². The van der Waals surface area contributed by atoms with E-state index in [1.165, 1.54) is 5.56 Å². The van der Waals surface area contributed by atoms with E-state index >= 15 is 0 Å². The topological polar surface area (TPSA) is 26.3 Å². The molecule has 14 heavy (non-hydrogen) atoms. The van der Waals surface area contributed by atoms with E-state index in [1.54, 1.807) is 11.3 Å². The van der Waals surface area contributed by atoms with Crippen molar-refractivity contribution in [3.8, 4) is 0 Å². The van der Waals surface area contributed by atoms with Crippen LogP contribution in [0.4, 0.5) is 0 Å². The van der Waals surface area contributed by atoms with Crippen LogP contribution in [0.3, 0.4) is 0 Å². The fourth-order valence-electron chi connectivity index (χ4n) is 1.97. The van der Waals surface area contributed by atoms with Crippen LogP contribution in [0.2, 0.25) is 0 Å². The summed E-state index contributed by atoms with van der Waals surface area (Å²) in [5.74, 6) is 0.258. The molecular weight excluding hydrogens is 196 g/mol. The van der Waals surface area contributed by atoms with Crippen molar-refractivity contribution in [2.75, 3.05) is 0 Å². The molecule has 0 spiro atoms. The fraction of sp³-hybridized carbons (Fsp3) is 0.545. The van der Waals surface area contributed by atoms with Crippen molar-refractivity contribution in [3.63, 3.8) is 0 Å². The first-order valence-corrected chi connectivity index (χ1v) is 5.97. The minimum atomic E-state index is -0.0420. The first-order valence-electron chi connectivity index (χ1n) is 5.03. The zero-order chi connectivity index (χ0) is 9.97. The summed E-state index contributed by atoms with van der Waals surface area (Å²) in [5.41, 5.74) is 1.26. The molecule has 1 aliphatic rings. The molecule has 2 nitrogen and oxygen atoms in total. The molecule has 0 amide bonds. The molecule has 3 heteroatoms. The van der Waals surface area contributed by atoms with Crippen molar-refractivity contribution < 1.29 is 9.53 Å². The van der Waals surface area contributed by atoms with Gasteiger partial charge in [0.1, 0.15) is 6.10 Å². The average Bonchev–Trinajstić information content (AvgIpc) is 2.74. The molecule has 1 fully saturated rings. The van der Waals surface area contributed by atoms with Crippen molar-refractivity contribution >= 4 is 17.3 Å². The zero-order valence-corrected chi connectivity index (χ0v) is 9.05. The Morgan fingerprint density at radius 1 is 1.64 bits per heavy atom. The van der Waals surface area contributed by atoms with Crippen LogP contribution in [0.25, 0.3) is 0 Å². The molecule has 0 unspecified atom stereocenters. The Hall–Kier alpha value is -0.830. The van der Waals surface area contributed by atoms with E-state index in [0.29, 0.717) is 12.3 Å². The van der Waals surface area contributed by atoms with E-state index in [1.807, 2.05) is 0 Å². The van der Waals surface area contributed by atoms with Gasteiger partial charge >= 0.3 is 5.97 Å². The Bertz CT molecular complexity index is 305. The fourth-order valence-corrected chi connectivity index (χ4v) is 2.70. The minimum absolute atomic E-state index is 0.0420. The summed E-state index contributed by atoms with van der Waals surface area (Å²) in [5, 5.41) is 4.18. The van der Waals surface area contributed by atoms with Crippen LogP contribution in [-0.4, -0.2) is 12.1 Å². The van der Waals surface area contributed by atoms with Gasteiger partial charge in [-0.1, -0.05) is 13.3 Å². The molecular formula is C11H14O2S. The quantitative estimate of drug-likeness (QED) is 0.717. The molecule has 0 N–H and O–H groups in total. The third-order valence-electron chi connectivity index (χ3n) is 2.66. The summed E-state index contributed by atoms with van der Waals surface area (Å²) in [4.78, 5) is 11.2. The van der Waals surface area contributed by atoms with E-state index in [2.05, 4.69) is 23.8 Å². The molecule has 1 saturated heterocycles. The monoisotopic (exact) mass is 210 g/mol. The van der Waals surface area contributed by atoms with Crippen LogP contribution < -0.4 is 0 Å². The molecule has 2 heterocycles. The van der Waals surface area contributed by atoms with Gasteiger partial charge in [-0.25, -0.2) is 0 Å². The highest BCUT2D eigenvalue weighted by Crippen LogP contribution is 2.35. The third-order valence-corrected chi connectivity index (χ3v) is 3.36. The van der Waals surface area contributed by atoms with Crippen molar-refractivity contribution in [3.05, 3.63) is 22.4 Å². The van der Waals surface area contributed by atoms with Gasteiger partial charge in [0.25, 0.3) is 0 Å². The van der Waals surface area contributed by atoms with Gasteiger partial charge in [-0.15, -0.1) is 0 Å². The van der Waals surface area contributed by atoms with Crippen molar-refractivity contribution in [2.24, 2.45) is 0 Å². The number of esters is 1. The van der Waals surface area contributed by atoms with Gasteiger partial charge in [-0.2, -0.15) is 11.3 Å². The molecule has 0 radical (unpaired) electrons. The van der Waals surface area contributed by atoms with Gasteiger partial charge in [0.15, 0.2) is 0 Å². The maximum Gasteiger partial charge on any atom is 0.306 e. The molecule has 76 valence electrons. The summed E-state index contributed by atoms with van der Waals surface area (Å²) in [6.45, 7) is 2.12. The number of cyclic esters (lactones) is 1. The highest BCUT2D eigenvalue weighted by Gasteiger charge is 2.35. The molecule has 0 aliphatic carbocycles. The molecule has 1 aromatic rings. The van der Waals surface area contributed by atoms with E-state index in [0.717, 1.165) is 12.8 Å². The number of rotatable bonds is 3. The second kappa shape index (κ2) is 4.13. The predicted molar refractivity (Wildman–Crippen MR) is 56.5 cm³/mol. The molecule has 1 aliphatic heterocycles. The number of carbonyl (C=O) groups is 1. The third kappa shape index (κ3) is 1.82. The van der Waals surface area contributed by atoms with Crippen LogP contribution >= 0.6 is 11.3 Å². The van der Waals surface area contributed by atoms with E-state index < -0.39 is 0 Å². The lowest BCUT2D eigenvalue weighted by Crippen LogP contribution is -2.13. The van der Waals surface area contributed by atoms with E-state index in [9.17, 15) is 4.79 Å². The van der Waals surface area contributed by atoms with Gasteiger partial charge in [-0.3, -0.25) is 4.79 Å². The molecule has 1 aromatic heterocycles. The van der Waals surface area contributed by atoms with Gasteiger partial charge in [-0.05, 0) is 28.8 Å². The van der Waals surface area contributed by atoms with Crippen LogP contribution in [-0.2, 0) is 9.53 Å². The van der Waals surface area contributed by atoms with Crippen LogP contribution in [0.1, 0.15) is 37.7 Å². The van der Waals surface area contributed by atoms with Crippen molar-refractivity contribution in [1.82, 2.24) is 0 Å². The molecule has 2 rings (SSSR count).